The number of aliphatic hydroxyl groups is 7. The van der Waals surface area contributed by atoms with Gasteiger partial charge in [-0.2, -0.15) is 0 Å². The lowest BCUT2D eigenvalue weighted by molar-refractivity contribution is -0.220. The van der Waals surface area contributed by atoms with E-state index in [1.807, 2.05) is 0 Å². The Morgan fingerprint density at radius 3 is 1.66 bits per heavy atom. The van der Waals surface area contributed by atoms with E-state index in [1.165, 1.54) is 76.7 Å². The van der Waals surface area contributed by atoms with E-state index in [1.54, 1.807) is 6.08 Å². The molecule has 312 valence electrons. The van der Waals surface area contributed by atoms with Crippen LogP contribution in [0.3, 0.4) is 0 Å². The molecule has 53 heavy (non-hydrogen) atoms. The number of unbranched alkanes of at least 4 members (excludes halogenated alkanes) is 17. The van der Waals surface area contributed by atoms with Crippen LogP contribution in [0.1, 0.15) is 155 Å². The van der Waals surface area contributed by atoms with Crippen molar-refractivity contribution in [1.29, 1.82) is 0 Å². The average molecular weight is 780 g/mol. The fraction of sp³-hybridized carbons (Fsp3) is 0.872. The molecule has 0 heterocycles. The van der Waals surface area contributed by atoms with E-state index in [2.05, 4.69) is 31.3 Å². The first-order valence-electron chi connectivity index (χ1n) is 20.4. The first kappa shape index (κ1) is 49.8. The van der Waals surface area contributed by atoms with E-state index in [0.29, 0.717) is 12.8 Å². The molecule has 1 amide bonds. The zero-order valence-electron chi connectivity index (χ0n) is 32.4. The van der Waals surface area contributed by atoms with Gasteiger partial charge in [0.05, 0.1) is 31.3 Å². The Bertz CT molecular complexity index is 1020. The van der Waals surface area contributed by atoms with Crippen molar-refractivity contribution in [3.8, 4) is 0 Å². The molecule has 0 aromatic rings. The Morgan fingerprint density at radius 2 is 1.11 bits per heavy atom. The predicted octanol–water partition coefficient (Wildman–Crippen LogP) is 5.25. The fourth-order valence-electron chi connectivity index (χ4n) is 6.37. The van der Waals surface area contributed by atoms with Gasteiger partial charge in [0.25, 0.3) is 0 Å². The molecule has 0 bridgehead atoms. The minimum absolute atomic E-state index is 0.250. The Hall–Kier alpha value is -1.22. The first-order chi connectivity index (χ1) is 25.3. The molecule has 0 saturated heterocycles. The highest BCUT2D eigenvalue weighted by Crippen LogP contribution is 2.47. The number of carbonyl (C=O) groups is 1. The molecule has 0 aromatic carbocycles. The van der Waals surface area contributed by atoms with Crippen molar-refractivity contribution in [2.75, 3.05) is 6.61 Å². The van der Waals surface area contributed by atoms with Crippen LogP contribution in [0, 0.1) is 0 Å². The third-order valence-corrected chi connectivity index (χ3v) is 10.8. The molecule has 13 nitrogen and oxygen atoms in total. The Balaban J connectivity index is 2.60. The van der Waals surface area contributed by atoms with E-state index in [4.69, 9.17) is 9.05 Å². The number of hydrogen-bond acceptors (Lipinski definition) is 11. The van der Waals surface area contributed by atoms with E-state index in [0.717, 1.165) is 51.4 Å². The standard InChI is InChI=1S/C39H74NO12P/c1-3-5-7-9-11-13-14-15-16-17-19-20-22-24-26-30(41)28-33(43)40-31(32(42)27-25-23-21-18-12-10-8-6-4-2)29-51-53(49,50)52-39-37(47)35(45)34(44)36(46)38(39)48/h12,18,25,27,30-32,34-39,41-42,44-48H,3-11,13-17,19-24,26,28-29H2,1-2H3,(H,40,43)(H,49,50)/b18-12+,27-25+. The molecule has 0 spiro atoms. The highest BCUT2D eigenvalue weighted by Gasteiger charge is 2.51. The summed E-state index contributed by atoms with van der Waals surface area (Å²) in [5, 5.41) is 74.0. The molecule has 1 fully saturated rings. The van der Waals surface area contributed by atoms with Crippen LogP contribution >= 0.6 is 7.82 Å². The molecular formula is C39H74NO12P. The van der Waals surface area contributed by atoms with E-state index in [-0.39, 0.29) is 6.42 Å². The lowest BCUT2D eigenvalue weighted by atomic mass is 9.85. The number of carbonyl (C=O) groups excluding carboxylic acids is 1. The van der Waals surface area contributed by atoms with Gasteiger partial charge in [0.2, 0.25) is 5.91 Å². The van der Waals surface area contributed by atoms with Crippen molar-refractivity contribution in [1.82, 2.24) is 5.32 Å². The van der Waals surface area contributed by atoms with E-state index in [9.17, 15) is 50.0 Å². The van der Waals surface area contributed by atoms with Crippen LogP contribution in [0.5, 0.6) is 0 Å². The predicted molar refractivity (Wildman–Crippen MR) is 206 cm³/mol. The summed E-state index contributed by atoms with van der Waals surface area (Å²) in [6, 6.07) is -1.25. The van der Waals surface area contributed by atoms with Gasteiger partial charge in [-0.25, -0.2) is 4.57 Å². The number of phosphoric ester groups is 1. The number of allylic oxidation sites excluding steroid dienone is 3. The Morgan fingerprint density at radius 1 is 0.660 bits per heavy atom. The third-order valence-electron chi connectivity index (χ3n) is 9.79. The van der Waals surface area contributed by atoms with Gasteiger partial charge >= 0.3 is 7.82 Å². The maximum atomic E-state index is 12.9. The van der Waals surface area contributed by atoms with Crippen LogP contribution in [0.25, 0.3) is 0 Å². The van der Waals surface area contributed by atoms with Gasteiger partial charge in [-0.1, -0.05) is 141 Å². The Labute approximate surface area is 318 Å². The molecule has 0 aromatic heterocycles. The SMILES string of the molecule is CCCCC/C=C/CC/C=C/C(O)C(COP(=O)(O)OC1C(O)C(O)C(O)C(O)C1O)NC(=O)CC(O)CCCCCCCCCCCCCCCC. The smallest absolute Gasteiger partial charge is 0.393 e. The number of aliphatic hydroxyl groups excluding tert-OH is 7. The second-order valence-corrected chi connectivity index (χ2v) is 16.1. The summed E-state index contributed by atoms with van der Waals surface area (Å²) < 4.78 is 22.7. The topological polar surface area (TPSA) is 226 Å². The zero-order chi connectivity index (χ0) is 39.5. The summed E-state index contributed by atoms with van der Waals surface area (Å²) in [5.74, 6) is -0.606. The normalized spacial score (nSPS) is 25.1. The summed E-state index contributed by atoms with van der Waals surface area (Å²) in [6.07, 6.45) is 15.9. The van der Waals surface area contributed by atoms with Crippen molar-refractivity contribution < 1.29 is 59.0 Å². The van der Waals surface area contributed by atoms with Gasteiger partial charge in [-0.05, 0) is 32.1 Å². The number of amides is 1. The molecule has 1 aliphatic rings. The maximum Gasteiger partial charge on any atom is 0.472 e. The number of phosphoric acid groups is 1. The highest BCUT2D eigenvalue weighted by atomic mass is 31.2. The van der Waals surface area contributed by atoms with Gasteiger partial charge in [0.1, 0.15) is 36.6 Å². The second kappa shape index (κ2) is 30.0. The van der Waals surface area contributed by atoms with Gasteiger partial charge < -0.3 is 46.0 Å². The average Bonchev–Trinajstić information content (AvgIpc) is 3.12. The molecule has 1 aliphatic carbocycles. The van der Waals surface area contributed by atoms with E-state index >= 15 is 0 Å². The lowest BCUT2D eigenvalue weighted by Crippen LogP contribution is -2.64. The Kier molecular flexibility index (Phi) is 28.2. The second-order valence-electron chi connectivity index (χ2n) is 14.7. The van der Waals surface area contributed by atoms with Crippen LogP contribution < -0.4 is 5.32 Å². The van der Waals surface area contributed by atoms with Crippen LogP contribution in [-0.2, 0) is 18.4 Å². The molecule has 14 heteroatoms. The number of nitrogens with one attached hydrogen (secondary N) is 1. The van der Waals surface area contributed by atoms with Gasteiger partial charge in [0.15, 0.2) is 0 Å². The monoisotopic (exact) mass is 779 g/mol. The summed E-state index contributed by atoms with van der Waals surface area (Å²) >= 11 is 0. The van der Waals surface area contributed by atoms with Gasteiger partial charge in [-0.3, -0.25) is 13.8 Å². The first-order valence-corrected chi connectivity index (χ1v) is 21.9. The summed E-state index contributed by atoms with van der Waals surface area (Å²) in [5.41, 5.74) is 0. The summed E-state index contributed by atoms with van der Waals surface area (Å²) in [7, 11) is -5.13. The molecular weight excluding hydrogens is 705 g/mol. The number of rotatable bonds is 32. The molecule has 0 aliphatic heterocycles. The minimum atomic E-state index is -5.13. The van der Waals surface area contributed by atoms with Gasteiger partial charge in [0, 0.05) is 0 Å². The molecule has 1 rings (SSSR count). The van der Waals surface area contributed by atoms with Crippen LogP contribution in [0.2, 0.25) is 0 Å². The molecule has 8 atom stereocenters. The van der Waals surface area contributed by atoms with Crippen molar-refractivity contribution in [2.24, 2.45) is 0 Å². The van der Waals surface area contributed by atoms with Crippen molar-refractivity contribution in [3.05, 3.63) is 24.3 Å². The summed E-state index contributed by atoms with van der Waals surface area (Å²) in [6.45, 7) is 3.63. The van der Waals surface area contributed by atoms with Crippen molar-refractivity contribution in [2.45, 2.75) is 210 Å². The van der Waals surface area contributed by atoms with Crippen LogP contribution in [0.4, 0.5) is 0 Å². The largest absolute Gasteiger partial charge is 0.472 e. The molecule has 9 N–H and O–H groups in total. The summed E-state index contributed by atoms with van der Waals surface area (Å²) in [4.78, 5) is 23.3. The van der Waals surface area contributed by atoms with Gasteiger partial charge in [-0.15, -0.1) is 0 Å². The zero-order valence-corrected chi connectivity index (χ0v) is 33.3. The molecule has 1 saturated carbocycles. The number of hydrogen-bond donors (Lipinski definition) is 9. The van der Waals surface area contributed by atoms with Crippen molar-refractivity contribution in [3.63, 3.8) is 0 Å². The third kappa shape index (κ3) is 22.8. The quantitative estimate of drug-likeness (QED) is 0.0243. The van der Waals surface area contributed by atoms with Crippen LogP contribution in [-0.4, -0.2) is 108 Å². The fourth-order valence-corrected chi connectivity index (χ4v) is 7.34. The molecule has 0 radical (unpaired) electrons. The lowest BCUT2D eigenvalue weighted by Gasteiger charge is -2.41. The van der Waals surface area contributed by atoms with Crippen molar-refractivity contribution >= 4 is 13.7 Å². The minimum Gasteiger partial charge on any atom is -0.393 e. The van der Waals surface area contributed by atoms with E-state index < -0.39 is 75.2 Å². The highest BCUT2D eigenvalue weighted by molar-refractivity contribution is 7.47. The van der Waals surface area contributed by atoms with Crippen LogP contribution in [0.15, 0.2) is 24.3 Å². The molecule has 8 unspecified atom stereocenters. The maximum absolute atomic E-state index is 12.9.